The summed E-state index contributed by atoms with van der Waals surface area (Å²) in [4.78, 5) is 14.8. The number of amides is 1. The first-order valence-corrected chi connectivity index (χ1v) is 9.33. The normalized spacial score (nSPS) is 15.4. The molecule has 2 aromatic rings. The van der Waals surface area contributed by atoms with Gasteiger partial charge in [-0.2, -0.15) is 5.10 Å². The van der Waals surface area contributed by atoms with E-state index in [2.05, 4.69) is 34.3 Å². The van der Waals surface area contributed by atoms with Crippen LogP contribution in [0.3, 0.4) is 0 Å². The molecule has 134 valence electrons. The van der Waals surface area contributed by atoms with Gasteiger partial charge in [0, 0.05) is 23.2 Å². The summed E-state index contributed by atoms with van der Waals surface area (Å²) in [6.07, 6.45) is 2.36. The molecule has 0 aliphatic heterocycles. The second kappa shape index (κ2) is 8.02. The number of nitrogens with one attached hydrogen (secondary N) is 2. The molecule has 2 N–H and O–H groups in total. The molecule has 1 saturated carbocycles. The van der Waals surface area contributed by atoms with Crippen LogP contribution in [0.2, 0.25) is 5.02 Å². The molecule has 3 rings (SSSR count). The topological polar surface area (TPSA) is 61.0 Å². The summed E-state index contributed by atoms with van der Waals surface area (Å²) in [6.45, 7) is 6.50. The Morgan fingerprint density at radius 1 is 1.36 bits per heavy atom. The highest BCUT2D eigenvalue weighted by atomic mass is 35.5. The maximum absolute atomic E-state index is 12.5. The zero-order valence-electron chi connectivity index (χ0n) is 14.8. The fraction of sp³-hybridized carbons (Fsp3) is 0.474. The zero-order chi connectivity index (χ0) is 17.8. The highest BCUT2D eigenvalue weighted by molar-refractivity contribution is 6.31. The lowest BCUT2D eigenvalue weighted by Crippen LogP contribution is -2.38. The molecule has 0 saturated heterocycles. The molecule has 1 heterocycles. The van der Waals surface area contributed by atoms with Crippen molar-refractivity contribution in [2.45, 2.75) is 38.6 Å². The Labute approximate surface area is 153 Å². The molecule has 1 atom stereocenters. The number of hydrogen-bond acceptors (Lipinski definition) is 3. The summed E-state index contributed by atoms with van der Waals surface area (Å²) < 4.78 is 0. The van der Waals surface area contributed by atoms with E-state index in [0.717, 1.165) is 29.4 Å². The first-order valence-electron chi connectivity index (χ1n) is 8.96. The van der Waals surface area contributed by atoms with Gasteiger partial charge in [0.1, 0.15) is 5.69 Å². The number of H-pyrrole nitrogens is 1. The number of aromatic nitrogens is 2. The minimum atomic E-state index is -0.146. The van der Waals surface area contributed by atoms with Gasteiger partial charge in [-0.25, -0.2) is 0 Å². The van der Waals surface area contributed by atoms with E-state index in [1.807, 2.05) is 30.3 Å². The molecule has 0 radical (unpaired) electrons. The van der Waals surface area contributed by atoms with Crippen LogP contribution in [0.4, 0.5) is 0 Å². The molecular weight excluding hydrogens is 336 g/mol. The highest BCUT2D eigenvalue weighted by Gasteiger charge is 2.27. The van der Waals surface area contributed by atoms with Crippen LogP contribution in [0.15, 0.2) is 30.3 Å². The van der Waals surface area contributed by atoms with Crippen molar-refractivity contribution in [3.05, 3.63) is 52.3 Å². The van der Waals surface area contributed by atoms with Crippen LogP contribution in [0.1, 0.15) is 60.4 Å². The minimum Gasteiger partial charge on any atom is -0.349 e. The van der Waals surface area contributed by atoms with Gasteiger partial charge in [-0.05, 0) is 43.6 Å². The number of carbonyl (C=O) groups excluding carboxylic acids is 1. The number of hydrogen-bond donors (Lipinski definition) is 2. The summed E-state index contributed by atoms with van der Waals surface area (Å²) in [5.74, 6) is 0.410. The molecule has 0 bridgehead atoms. The van der Waals surface area contributed by atoms with Crippen molar-refractivity contribution in [3.63, 3.8) is 0 Å². The Balaban J connectivity index is 1.71. The van der Waals surface area contributed by atoms with E-state index in [1.54, 1.807) is 0 Å². The molecule has 25 heavy (non-hydrogen) atoms. The molecule has 1 aliphatic rings. The average molecular weight is 361 g/mol. The fourth-order valence-electron chi connectivity index (χ4n) is 3.18. The highest BCUT2D eigenvalue weighted by Crippen LogP contribution is 2.39. The van der Waals surface area contributed by atoms with Gasteiger partial charge < -0.3 is 5.32 Å². The van der Waals surface area contributed by atoms with Crippen LogP contribution in [0.25, 0.3) is 0 Å². The molecule has 1 fully saturated rings. The number of benzene rings is 1. The monoisotopic (exact) mass is 360 g/mol. The van der Waals surface area contributed by atoms with Crippen LogP contribution in [-0.2, 0) is 0 Å². The van der Waals surface area contributed by atoms with E-state index in [0.29, 0.717) is 18.2 Å². The van der Waals surface area contributed by atoms with Crippen LogP contribution < -0.4 is 5.32 Å². The Kier molecular flexibility index (Phi) is 5.76. The van der Waals surface area contributed by atoms with Crippen LogP contribution in [0, 0.1) is 0 Å². The Hall–Kier alpha value is -1.85. The number of halogens is 1. The SMILES string of the molecule is CCN(CC)C(CNC(=O)c1cc(C2CC2)[nH]n1)c1ccccc1Cl. The molecule has 0 spiro atoms. The quantitative estimate of drug-likeness (QED) is 0.753. The fourth-order valence-corrected chi connectivity index (χ4v) is 3.44. The third kappa shape index (κ3) is 4.22. The van der Waals surface area contributed by atoms with Crippen molar-refractivity contribution in [1.82, 2.24) is 20.4 Å². The van der Waals surface area contributed by atoms with Crippen molar-refractivity contribution in [2.24, 2.45) is 0 Å². The van der Waals surface area contributed by atoms with Crippen LogP contribution >= 0.6 is 11.6 Å². The minimum absolute atomic E-state index is 0.0366. The third-order valence-electron chi connectivity index (χ3n) is 4.82. The van der Waals surface area contributed by atoms with Crippen LogP contribution in [0.5, 0.6) is 0 Å². The van der Waals surface area contributed by atoms with Crippen molar-refractivity contribution in [3.8, 4) is 0 Å². The molecule has 1 amide bonds. The van der Waals surface area contributed by atoms with Gasteiger partial charge in [0.05, 0.1) is 6.04 Å². The third-order valence-corrected chi connectivity index (χ3v) is 5.17. The van der Waals surface area contributed by atoms with Crippen molar-refractivity contribution >= 4 is 17.5 Å². The Bertz CT molecular complexity index is 722. The van der Waals surface area contributed by atoms with E-state index in [-0.39, 0.29) is 11.9 Å². The predicted octanol–water partition coefficient (Wildman–Crippen LogP) is 3.75. The molecule has 1 aromatic carbocycles. The van der Waals surface area contributed by atoms with Gasteiger partial charge in [-0.3, -0.25) is 14.8 Å². The summed E-state index contributed by atoms with van der Waals surface area (Å²) in [7, 11) is 0. The molecule has 5 nitrogen and oxygen atoms in total. The number of nitrogens with zero attached hydrogens (tertiary/aromatic N) is 2. The molecule has 1 aromatic heterocycles. The van der Waals surface area contributed by atoms with Crippen molar-refractivity contribution < 1.29 is 4.79 Å². The average Bonchev–Trinajstić information content (AvgIpc) is 3.36. The van der Waals surface area contributed by atoms with Gasteiger partial charge in [-0.15, -0.1) is 0 Å². The summed E-state index contributed by atoms with van der Waals surface area (Å²) in [6, 6.07) is 9.73. The summed E-state index contributed by atoms with van der Waals surface area (Å²) >= 11 is 6.40. The first-order chi connectivity index (χ1) is 12.1. The lowest BCUT2D eigenvalue weighted by molar-refractivity contribution is 0.0930. The number of aromatic amines is 1. The summed E-state index contributed by atoms with van der Waals surface area (Å²) in [5.41, 5.74) is 2.56. The largest absolute Gasteiger partial charge is 0.349 e. The van der Waals surface area contributed by atoms with Gasteiger partial charge in [-0.1, -0.05) is 43.6 Å². The smallest absolute Gasteiger partial charge is 0.271 e. The van der Waals surface area contributed by atoms with E-state index >= 15 is 0 Å². The molecule has 1 unspecified atom stereocenters. The maximum Gasteiger partial charge on any atom is 0.271 e. The zero-order valence-corrected chi connectivity index (χ0v) is 15.5. The van der Waals surface area contributed by atoms with E-state index in [1.165, 1.54) is 12.8 Å². The second-order valence-corrected chi connectivity index (χ2v) is 6.86. The summed E-state index contributed by atoms with van der Waals surface area (Å²) in [5, 5.41) is 10.9. The number of carbonyl (C=O) groups is 1. The molecular formula is C19H25ClN4O. The van der Waals surface area contributed by atoms with E-state index < -0.39 is 0 Å². The van der Waals surface area contributed by atoms with Gasteiger partial charge in [0.15, 0.2) is 0 Å². The molecule has 6 heteroatoms. The first kappa shape index (κ1) is 18.0. The van der Waals surface area contributed by atoms with Crippen molar-refractivity contribution in [1.29, 1.82) is 0 Å². The predicted molar refractivity (Wildman–Crippen MR) is 100 cm³/mol. The van der Waals surface area contributed by atoms with E-state index in [4.69, 9.17) is 11.6 Å². The lowest BCUT2D eigenvalue weighted by Gasteiger charge is -2.30. The second-order valence-electron chi connectivity index (χ2n) is 6.45. The van der Waals surface area contributed by atoms with E-state index in [9.17, 15) is 4.79 Å². The lowest BCUT2D eigenvalue weighted by atomic mass is 10.0. The van der Waals surface area contributed by atoms with Gasteiger partial charge in [0.25, 0.3) is 5.91 Å². The van der Waals surface area contributed by atoms with Gasteiger partial charge >= 0.3 is 0 Å². The van der Waals surface area contributed by atoms with Gasteiger partial charge in [0.2, 0.25) is 0 Å². The number of rotatable bonds is 8. The van der Waals surface area contributed by atoms with Crippen LogP contribution in [-0.4, -0.2) is 40.6 Å². The Morgan fingerprint density at radius 2 is 2.08 bits per heavy atom. The standard InChI is InChI=1S/C19H25ClN4O/c1-3-24(4-2)18(14-7-5-6-8-15(14)20)12-21-19(25)17-11-16(22-23-17)13-9-10-13/h5-8,11,13,18H,3-4,9-10,12H2,1-2H3,(H,21,25)(H,22,23). The Morgan fingerprint density at radius 3 is 2.72 bits per heavy atom. The van der Waals surface area contributed by atoms with Crippen molar-refractivity contribution in [2.75, 3.05) is 19.6 Å². The number of likely N-dealkylation sites (N-methyl/N-ethyl adjacent to an activating group) is 1. The maximum atomic E-state index is 12.5. The molecule has 1 aliphatic carbocycles.